The molecular formula is C18H28N2O3S. The van der Waals surface area contributed by atoms with Crippen molar-refractivity contribution in [1.29, 1.82) is 0 Å². The van der Waals surface area contributed by atoms with Crippen molar-refractivity contribution >= 4 is 15.9 Å². The van der Waals surface area contributed by atoms with E-state index >= 15 is 0 Å². The minimum atomic E-state index is -3.28. The van der Waals surface area contributed by atoms with E-state index in [-0.39, 0.29) is 17.7 Å². The zero-order chi connectivity index (χ0) is 17.4. The van der Waals surface area contributed by atoms with E-state index in [1.54, 1.807) is 6.92 Å². The number of sulfonamides is 1. The number of benzene rings is 1. The Morgan fingerprint density at radius 1 is 1.21 bits per heavy atom. The van der Waals surface area contributed by atoms with Gasteiger partial charge in [0.05, 0.1) is 5.75 Å². The van der Waals surface area contributed by atoms with Gasteiger partial charge in [-0.1, -0.05) is 43.2 Å². The molecule has 0 saturated heterocycles. The zero-order valence-corrected chi connectivity index (χ0v) is 15.2. The van der Waals surface area contributed by atoms with Gasteiger partial charge in [-0.3, -0.25) is 4.79 Å². The number of carbonyl (C=O) groups is 1. The summed E-state index contributed by atoms with van der Waals surface area (Å²) >= 11 is 0. The zero-order valence-electron chi connectivity index (χ0n) is 14.4. The van der Waals surface area contributed by atoms with Gasteiger partial charge in [-0.25, -0.2) is 13.1 Å². The molecule has 1 N–H and O–H groups in total. The minimum Gasteiger partial charge on any atom is -0.339 e. The fourth-order valence-corrected chi connectivity index (χ4v) is 4.39. The van der Waals surface area contributed by atoms with E-state index in [4.69, 9.17) is 0 Å². The molecule has 24 heavy (non-hydrogen) atoms. The van der Waals surface area contributed by atoms with Crippen LogP contribution < -0.4 is 4.72 Å². The standard InChI is InChI=1S/C18H28N2O3S/c1-16(21)20(18-11-5-6-12-18)14-13-19-24(22,23)15-7-10-17-8-3-2-4-9-17/h2-4,8-9,18-19H,5-7,10-15H2,1H3. The third kappa shape index (κ3) is 6.24. The Kier molecular flexibility index (Phi) is 7.24. The van der Waals surface area contributed by atoms with E-state index in [2.05, 4.69) is 4.72 Å². The molecule has 0 heterocycles. The van der Waals surface area contributed by atoms with Gasteiger partial charge >= 0.3 is 0 Å². The van der Waals surface area contributed by atoms with Gasteiger partial charge in [0.15, 0.2) is 0 Å². The van der Waals surface area contributed by atoms with Gasteiger partial charge in [0.1, 0.15) is 0 Å². The largest absolute Gasteiger partial charge is 0.339 e. The van der Waals surface area contributed by atoms with Gasteiger partial charge < -0.3 is 4.90 Å². The van der Waals surface area contributed by atoms with Crippen LogP contribution in [-0.4, -0.2) is 44.1 Å². The van der Waals surface area contributed by atoms with Crippen LogP contribution >= 0.6 is 0 Å². The lowest BCUT2D eigenvalue weighted by molar-refractivity contribution is -0.130. The number of hydrogen-bond acceptors (Lipinski definition) is 3. The van der Waals surface area contributed by atoms with Crippen molar-refractivity contribution in [3.8, 4) is 0 Å². The molecule has 6 heteroatoms. The van der Waals surface area contributed by atoms with E-state index in [0.717, 1.165) is 37.7 Å². The highest BCUT2D eigenvalue weighted by Gasteiger charge is 2.24. The molecule has 5 nitrogen and oxygen atoms in total. The molecule has 1 aliphatic rings. The summed E-state index contributed by atoms with van der Waals surface area (Å²) in [7, 11) is -3.28. The molecule has 0 bridgehead atoms. The van der Waals surface area contributed by atoms with Crippen LogP contribution in [0.2, 0.25) is 0 Å². The maximum absolute atomic E-state index is 12.1. The summed E-state index contributed by atoms with van der Waals surface area (Å²) in [5, 5.41) is 0. The Labute approximate surface area is 145 Å². The highest BCUT2D eigenvalue weighted by molar-refractivity contribution is 7.89. The third-order valence-electron chi connectivity index (χ3n) is 4.57. The lowest BCUT2D eigenvalue weighted by atomic mass is 10.1. The molecule has 1 aliphatic carbocycles. The second kappa shape index (κ2) is 9.18. The summed E-state index contributed by atoms with van der Waals surface area (Å²) in [5.74, 6) is 0.149. The molecule has 1 amide bonds. The van der Waals surface area contributed by atoms with Crippen molar-refractivity contribution in [3.63, 3.8) is 0 Å². The SMILES string of the molecule is CC(=O)N(CCNS(=O)(=O)CCCc1ccccc1)C1CCCC1. The number of hydrogen-bond donors (Lipinski definition) is 1. The Bertz CT molecular complexity index is 610. The van der Waals surface area contributed by atoms with Gasteiger partial charge in [0.2, 0.25) is 15.9 Å². The second-order valence-electron chi connectivity index (χ2n) is 6.45. The Balaban J connectivity index is 1.72. The van der Waals surface area contributed by atoms with Gasteiger partial charge in [-0.05, 0) is 31.2 Å². The smallest absolute Gasteiger partial charge is 0.219 e. The van der Waals surface area contributed by atoms with Crippen molar-refractivity contribution < 1.29 is 13.2 Å². The Morgan fingerprint density at radius 3 is 2.50 bits per heavy atom. The molecule has 2 rings (SSSR count). The molecule has 134 valence electrons. The summed E-state index contributed by atoms with van der Waals surface area (Å²) in [5.41, 5.74) is 1.15. The summed E-state index contributed by atoms with van der Waals surface area (Å²) in [6.45, 7) is 2.31. The van der Waals surface area contributed by atoms with Crippen LogP contribution in [0.5, 0.6) is 0 Å². The fourth-order valence-electron chi connectivity index (χ4n) is 3.32. The maximum Gasteiger partial charge on any atom is 0.219 e. The topological polar surface area (TPSA) is 66.5 Å². The van der Waals surface area contributed by atoms with E-state index < -0.39 is 10.0 Å². The molecule has 1 saturated carbocycles. The number of amides is 1. The molecule has 0 aromatic heterocycles. The Morgan fingerprint density at radius 2 is 1.88 bits per heavy atom. The highest BCUT2D eigenvalue weighted by Crippen LogP contribution is 2.23. The number of nitrogens with one attached hydrogen (secondary N) is 1. The fraction of sp³-hybridized carbons (Fsp3) is 0.611. The molecular weight excluding hydrogens is 324 g/mol. The molecule has 1 fully saturated rings. The summed E-state index contributed by atoms with van der Waals surface area (Å²) in [6, 6.07) is 10.2. The number of carbonyl (C=O) groups excluding carboxylic acids is 1. The number of rotatable bonds is 9. The first kappa shape index (κ1) is 18.9. The number of aryl methyl sites for hydroxylation is 1. The summed E-state index contributed by atoms with van der Waals surface area (Å²) < 4.78 is 26.8. The van der Waals surface area contributed by atoms with Crippen LogP contribution in [0.15, 0.2) is 30.3 Å². The van der Waals surface area contributed by atoms with Crippen LogP contribution in [0.4, 0.5) is 0 Å². The van der Waals surface area contributed by atoms with Crippen LogP contribution in [0.25, 0.3) is 0 Å². The maximum atomic E-state index is 12.1. The van der Waals surface area contributed by atoms with Crippen LogP contribution in [0, 0.1) is 0 Å². The lowest BCUT2D eigenvalue weighted by Gasteiger charge is -2.27. The third-order valence-corrected chi connectivity index (χ3v) is 6.04. The predicted octanol–water partition coefficient (Wildman–Crippen LogP) is 2.33. The molecule has 0 atom stereocenters. The molecule has 1 aromatic rings. The van der Waals surface area contributed by atoms with Crippen molar-refractivity contribution in [2.75, 3.05) is 18.8 Å². The monoisotopic (exact) mass is 352 g/mol. The normalized spacial score (nSPS) is 15.5. The first-order chi connectivity index (χ1) is 11.5. The predicted molar refractivity (Wildman–Crippen MR) is 96.2 cm³/mol. The van der Waals surface area contributed by atoms with Gasteiger partial charge in [-0.15, -0.1) is 0 Å². The quantitative estimate of drug-likeness (QED) is 0.742. The van der Waals surface area contributed by atoms with Gasteiger partial charge in [0, 0.05) is 26.1 Å². The summed E-state index contributed by atoms with van der Waals surface area (Å²) in [6.07, 6.45) is 5.72. The minimum absolute atomic E-state index is 0.0326. The summed E-state index contributed by atoms with van der Waals surface area (Å²) in [4.78, 5) is 13.6. The van der Waals surface area contributed by atoms with E-state index in [1.165, 1.54) is 0 Å². The van der Waals surface area contributed by atoms with Crippen molar-refractivity contribution in [1.82, 2.24) is 9.62 Å². The number of nitrogens with zero attached hydrogens (tertiary/aromatic N) is 1. The van der Waals surface area contributed by atoms with Crippen LogP contribution in [0.3, 0.4) is 0 Å². The highest BCUT2D eigenvalue weighted by atomic mass is 32.2. The molecule has 0 unspecified atom stereocenters. The Hall–Kier alpha value is -1.40. The molecule has 1 aromatic carbocycles. The molecule has 0 aliphatic heterocycles. The van der Waals surface area contributed by atoms with Crippen LogP contribution in [0.1, 0.15) is 44.6 Å². The molecule has 0 radical (unpaired) electrons. The van der Waals surface area contributed by atoms with Gasteiger partial charge in [-0.2, -0.15) is 0 Å². The second-order valence-corrected chi connectivity index (χ2v) is 8.38. The van der Waals surface area contributed by atoms with Crippen molar-refractivity contribution in [2.24, 2.45) is 0 Å². The van der Waals surface area contributed by atoms with Gasteiger partial charge in [0.25, 0.3) is 0 Å². The lowest BCUT2D eigenvalue weighted by Crippen LogP contribution is -2.43. The molecule has 0 spiro atoms. The van der Waals surface area contributed by atoms with E-state index in [0.29, 0.717) is 19.5 Å². The van der Waals surface area contributed by atoms with Crippen molar-refractivity contribution in [3.05, 3.63) is 35.9 Å². The average molecular weight is 353 g/mol. The van der Waals surface area contributed by atoms with E-state index in [1.807, 2.05) is 35.2 Å². The first-order valence-electron chi connectivity index (χ1n) is 8.76. The van der Waals surface area contributed by atoms with E-state index in [9.17, 15) is 13.2 Å². The average Bonchev–Trinajstić information content (AvgIpc) is 3.06. The first-order valence-corrected chi connectivity index (χ1v) is 10.4. The van der Waals surface area contributed by atoms with Crippen LogP contribution in [-0.2, 0) is 21.2 Å². The van der Waals surface area contributed by atoms with Crippen molar-refractivity contribution in [2.45, 2.75) is 51.5 Å².